The van der Waals surface area contributed by atoms with E-state index < -0.39 is 0 Å². The fraction of sp³-hybridized carbons (Fsp3) is 0.957. The molecule has 0 spiro atoms. The average Bonchev–Trinajstić information content (AvgIpc) is 3.18. The van der Waals surface area contributed by atoms with Crippen molar-refractivity contribution in [2.75, 3.05) is 46.4 Å². The first-order chi connectivity index (χ1) is 13.4. The number of carbonyl (C=O) groups excluding carboxylic acids is 1. The summed E-state index contributed by atoms with van der Waals surface area (Å²) in [6, 6.07) is 1.57. The van der Waals surface area contributed by atoms with Gasteiger partial charge in [-0.1, -0.05) is 13.8 Å². The van der Waals surface area contributed by atoms with E-state index in [4.69, 9.17) is 4.74 Å². The summed E-state index contributed by atoms with van der Waals surface area (Å²) >= 11 is 0. The third-order valence-corrected chi connectivity index (χ3v) is 7.65. The molecule has 0 unspecified atom stereocenters. The zero-order chi connectivity index (χ0) is 20.3. The second kappa shape index (κ2) is 9.90. The first-order valence-corrected chi connectivity index (χ1v) is 11.7. The van der Waals surface area contributed by atoms with Gasteiger partial charge in [-0.3, -0.25) is 9.69 Å². The van der Waals surface area contributed by atoms with Crippen LogP contribution in [0.25, 0.3) is 0 Å². The van der Waals surface area contributed by atoms with Gasteiger partial charge in [-0.25, -0.2) is 0 Å². The summed E-state index contributed by atoms with van der Waals surface area (Å²) in [4.78, 5) is 20.4. The van der Waals surface area contributed by atoms with Gasteiger partial charge in [0.1, 0.15) is 0 Å². The minimum absolute atomic E-state index is 0.193. The lowest BCUT2D eigenvalue weighted by Crippen LogP contribution is -2.60. The zero-order valence-electron chi connectivity index (χ0n) is 18.9. The Bertz CT molecular complexity index is 502. The normalized spacial score (nSPS) is 33.2. The summed E-state index contributed by atoms with van der Waals surface area (Å²) in [5.41, 5.74) is 0. The maximum Gasteiger partial charge on any atom is 0.227 e. The fourth-order valence-corrected chi connectivity index (χ4v) is 5.71. The number of amides is 1. The highest BCUT2D eigenvalue weighted by atomic mass is 16.5. The van der Waals surface area contributed by atoms with Crippen LogP contribution in [0.3, 0.4) is 0 Å². The Morgan fingerprint density at radius 2 is 1.68 bits per heavy atom. The Balaban J connectivity index is 1.56. The number of nitrogens with zero attached hydrogens (tertiary/aromatic N) is 3. The van der Waals surface area contributed by atoms with Gasteiger partial charge in [-0.05, 0) is 64.3 Å². The van der Waals surface area contributed by atoms with Crippen LogP contribution in [0.15, 0.2) is 0 Å². The highest BCUT2D eigenvalue weighted by molar-refractivity contribution is 5.79. The summed E-state index contributed by atoms with van der Waals surface area (Å²) in [5, 5.41) is 0. The van der Waals surface area contributed by atoms with Crippen molar-refractivity contribution in [3.8, 4) is 0 Å². The molecule has 0 bridgehead atoms. The summed E-state index contributed by atoms with van der Waals surface area (Å²) < 4.78 is 5.58. The van der Waals surface area contributed by atoms with Crippen LogP contribution in [-0.4, -0.2) is 85.2 Å². The van der Waals surface area contributed by atoms with Crippen LogP contribution < -0.4 is 0 Å². The molecule has 2 aliphatic heterocycles. The van der Waals surface area contributed by atoms with Crippen molar-refractivity contribution in [1.82, 2.24) is 14.7 Å². The standard InChI is InChI=1S/C23H43N3O2/c1-17(2)19-6-8-21(9-7-19)26-13-12-25(15-22(26)16-28-5)23(27)20-10-11-24(14-20)18(3)4/h17-22H,6-16H2,1-5H3/t19?,20-,21?,22+/m0/s1. The van der Waals surface area contributed by atoms with Gasteiger partial charge in [0.2, 0.25) is 5.91 Å². The van der Waals surface area contributed by atoms with Crippen LogP contribution in [0.4, 0.5) is 0 Å². The van der Waals surface area contributed by atoms with Crippen LogP contribution in [0.1, 0.15) is 59.8 Å². The molecule has 0 aromatic heterocycles. The van der Waals surface area contributed by atoms with Crippen molar-refractivity contribution in [1.29, 1.82) is 0 Å². The van der Waals surface area contributed by atoms with Gasteiger partial charge in [-0.15, -0.1) is 0 Å². The van der Waals surface area contributed by atoms with E-state index in [1.807, 2.05) is 0 Å². The van der Waals surface area contributed by atoms with E-state index in [9.17, 15) is 4.79 Å². The van der Waals surface area contributed by atoms with E-state index in [-0.39, 0.29) is 5.92 Å². The molecule has 162 valence electrons. The van der Waals surface area contributed by atoms with Crippen molar-refractivity contribution >= 4 is 5.91 Å². The first-order valence-electron chi connectivity index (χ1n) is 11.7. The molecule has 5 nitrogen and oxygen atoms in total. The third-order valence-electron chi connectivity index (χ3n) is 7.65. The molecule has 2 atom stereocenters. The number of likely N-dealkylation sites (tertiary alicyclic amines) is 1. The van der Waals surface area contributed by atoms with E-state index in [0.717, 1.165) is 57.6 Å². The first kappa shape index (κ1) is 22.0. The maximum atomic E-state index is 13.2. The van der Waals surface area contributed by atoms with Gasteiger partial charge in [0.15, 0.2) is 0 Å². The number of rotatable bonds is 6. The monoisotopic (exact) mass is 393 g/mol. The molecular formula is C23H43N3O2. The molecule has 3 fully saturated rings. The highest BCUT2D eigenvalue weighted by Gasteiger charge is 2.39. The Kier molecular flexibility index (Phi) is 7.80. The molecule has 2 saturated heterocycles. The summed E-state index contributed by atoms with van der Waals surface area (Å²) in [6.45, 7) is 14.7. The van der Waals surface area contributed by atoms with Crippen LogP contribution in [-0.2, 0) is 9.53 Å². The SMILES string of the molecule is COC[C@H]1CN(C(=O)[C@H]2CCN(C(C)C)C2)CCN1C1CCC(C(C)C)CC1. The molecule has 1 saturated carbocycles. The molecule has 1 amide bonds. The van der Waals surface area contributed by atoms with Gasteiger partial charge < -0.3 is 14.5 Å². The van der Waals surface area contributed by atoms with E-state index in [1.165, 1.54) is 25.7 Å². The summed E-state index contributed by atoms with van der Waals surface area (Å²) in [6.07, 6.45) is 6.35. The van der Waals surface area contributed by atoms with E-state index in [1.54, 1.807) is 7.11 Å². The molecule has 0 aromatic rings. The number of methoxy groups -OCH3 is 1. The topological polar surface area (TPSA) is 36.0 Å². The van der Waals surface area contributed by atoms with Crippen molar-refractivity contribution in [2.45, 2.75) is 77.9 Å². The number of hydrogen-bond donors (Lipinski definition) is 0. The summed E-state index contributed by atoms with van der Waals surface area (Å²) in [5.74, 6) is 2.28. The minimum atomic E-state index is 0.193. The largest absolute Gasteiger partial charge is 0.383 e. The lowest BCUT2D eigenvalue weighted by atomic mass is 9.79. The molecule has 28 heavy (non-hydrogen) atoms. The maximum absolute atomic E-state index is 13.2. The molecule has 1 aliphatic carbocycles. The Labute approximate surface area is 172 Å². The van der Waals surface area contributed by atoms with Crippen molar-refractivity contribution in [3.63, 3.8) is 0 Å². The number of ether oxygens (including phenoxy) is 1. The second-order valence-corrected chi connectivity index (χ2v) is 10.0. The number of piperazine rings is 1. The third kappa shape index (κ3) is 5.09. The second-order valence-electron chi connectivity index (χ2n) is 10.0. The zero-order valence-corrected chi connectivity index (χ0v) is 18.9. The molecule has 0 N–H and O–H groups in total. The Hall–Kier alpha value is -0.650. The average molecular weight is 394 g/mol. The minimum Gasteiger partial charge on any atom is -0.383 e. The Morgan fingerprint density at radius 1 is 0.964 bits per heavy atom. The molecule has 0 radical (unpaired) electrons. The van der Waals surface area contributed by atoms with Gasteiger partial charge in [0.25, 0.3) is 0 Å². The smallest absolute Gasteiger partial charge is 0.227 e. The van der Waals surface area contributed by atoms with Crippen LogP contribution in [0, 0.1) is 17.8 Å². The molecule has 5 heteroatoms. The van der Waals surface area contributed by atoms with Gasteiger partial charge in [0, 0.05) is 45.4 Å². The predicted molar refractivity (Wildman–Crippen MR) is 114 cm³/mol. The molecule has 3 rings (SSSR count). The van der Waals surface area contributed by atoms with Crippen molar-refractivity contribution in [2.24, 2.45) is 17.8 Å². The van der Waals surface area contributed by atoms with Crippen molar-refractivity contribution < 1.29 is 9.53 Å². The van der Waals surface area contributed by atoms with Crippen LogP contribution in [0.5, 0.6) is 0 Å². The predicted octanol–water partition coefficient (Wildman–Crippen LogP) is 3.09. The van der Waals surface area contributed by atoms with Crippen LogP contribution in [0.2, 0.25) is 0 Å². The summed E-state index contributed by atoms with van der Waals surface area (Å²) in [7, 11) is 1.80. The molecule has 3 aliphatic rings. The quantitative estimate of drug-likeness (QED) is 0.695. The molecular weight excluding hydrogens is 350 g/mol. The van der Waals surface area contributed by atoms with Gasteiger partial charge in [0.05, 0.1) is 18.6 Å². The van der Waals surface area contributed by atoms with E-state index >= 15 is 0 Å². The van der Waals surface area contributed by atoms with Crippen molar-refractivity contribution in [3.05, 3.63) is 0 Å². The van der Waals surface area contributed by atoms with Gasteiger partial charge in [-0.2, -0.15) is 0 Å². The Morgan fingerprint density at radius 3 is 2.25 bits per heavy atom. The number of hydrogen-bond acceptors (Lipinski definition) is 4. The van der Waals surface area contributed by atoms with E-state index in [0.29, 0.717) is 24.0 Å². The lowest BCUT2D eigenvalue weighted by molar-refractivity contribution is -0.140. The number of carbonyl (C=O) groups is 1. The lowest BCUT2D eigenvalue weighted by Gasteiger charge is -2.47. The van der Waals surface area contributed by atoms with Gasteiger partial charge >= 0.3 is 0 Å². The highest BCUT2D eigenvalue weighted by Crippen LogP contribution is 2.34. The molecule has 2 heterocycles. The van der Waals surface area contributed by atoms with Crippen LogP contribution >= 0.6 is 0 Å². The fourth-order valence-electron chi connectivity index (χ4n) is 5.71. The molecule has 0 aromatic carbocycles. The van der Waals surface area contributed by atoms with E-state index in [2.05, 4.69) is 42.4 Å².